The third kappa shape index (κ3) is 2.82. The van der Waals surface area contributed by atoms with Crippen molar-refractivity contribution in [1.29, 1.82) is 0 Å². The minimum atomic E-state index is -0.657. The number of hydrogen-bond donors (Lipinski definition) is 1. The second-order valence-corrected chi connectivity index (χ2v) is 3.42. The van der Waals surface area contributed by atoms with E-state index in [4.69, 9.17) is 0 Å². The summed E-state index contributed by atoms with van der Waals surface area (Å²) in [6.07, 6.45) is 3.28. The van der Waals surface area contributed by atoms with Crippen molar-refractivity contribution < 1.29 is 14.3 Å². The van der Waals surface area contributed by atoms with E-state index in [2.05, 4.69) is 15.2 Å². The molecular weight excluding hydrogens is 210 g/mol. The Morgan fingerprint density at radius 1 is 1.44 bits per heavy atom. The molecule has 1 amide bonds. The first-order valence-corrected chi connectivity index (χ1v) is 4.93. The van der Waals surface area contributed by atoms with Crippen LogP contribution in [-0.4, -0.2) is 34.8 Å². The van der Waals surface area contributed by atoms with Gasteiger partial charge in [0, 0.05) is 12.4 Å². The number of aromatic nitrogens is 2. The van der Waals surface area contributed by atoms with Crippen LogP contribution >= 0.6 is 0 Å². The minimum Gasteiger partial charge on any atom is -0.467 e. The number of hydrogen-bond acceptors (Lipinski definition) is 4. The van der Waals surface area contributed by atoms with E-state index < -0.39 is 18.1 Å². The molecule has 1 rings (SSSR count). The topological polar surface area (TPSA) is 73.2 Å². The van der Waals surface area contributed by atoms with Crippen LogP contribution in [0, 0.1) is 0 Å². The van der Waals surface area contributed by atoms with Crippen LogP contribution in [0.5, 0.6) is 0 Å². The molecule has 1 N–H and O–H groups in total. The first kappa shape index (κ1) is 12.2. The van der Waals surface area contributed by atoms with Crippen molar-refractivity contribution in [2.75, 3.05) is 7.11 Å². The zero-order valence-corrected chi connectivity index (χ0v) is 9.51. The van der Waals surface area contributed by atoms with E-state index in [1.165, 1.54) is 11.8 Å². The van der Waals surface area contributed by atoms with Gasteiger partial charge in [0.05, 0.1) is 7.11 Å². The predicted octanol–water partition coefficient (Wildman–Crippen LogP) is 0.122. The number of amides is 1. The van der Waals surface area contributed by atoms with Gasteiger partial charge in [-0.1, -0.05) is 0 Å². The Bertz CT molecular complexity index is 361. The Morgan fingerprint density at radius 3 is 2.62 bits per heavy atom. The fraction of sp³-hybridized carbons (Fsp3) is 0.500. The first-order chi connectivity index (χ1) is 7.56. The van der Waals surface area contributed by atoms with Crippen molar-refractivity contribution in [3.05, 3.63) is 18.5 Å². The highest BCUT2D eigenvalue weighted by atomic mass is 16.5. The molecular formula is C10H15N3O3. The Kier molecular flexibility index (Phi) is 4.04. The molecule has 1 aromatic rings. The molecule has 0 aromatic carbocycles. The highest BCUT2D eigenvalue weighted by Crippen LogP contribution is 2.03. The summed E-state index contributed by atoms with van der Waals surface area (Å²) in [4.78, 5) is 22.8. The second kappa shape index (κ2) is 5.29. The lowest BCUT2D eigenvalue weighted by molar-refractivity contribution is -0.144. The maximum Gasteiger partial charge on any atom is 0.328 e. The molecule has 0 aliphatic carbocycles. The van der Waals surface area contributed by atoms with Gasteiger partial charge in [-0.15, -0.1) is 0 Å². The summed E-state index contributed by atoms with van der Waals surface area (Å²) in [7, 11) is 1.28. The zero-order chi connectivity index (χ0) is 12.1. The average molecular weight is 225 g/mol. The maximum absolute atomic E-state index is 11.7. The summed E-state index contributed by atoms with van der Waals surface area (Å²) in [6, 6.07) is 0.616. The average Bonchev–Trinajstić information content (AvgIpc) is 2.79. The standard InChI is InChI=1S/C10H15N3O3/c1-7(10(15)16-3)12-9(14)8(2)13-6-4-5-11-13/h4-8H,1-3H3,(H,12,14). The van der Waals surface area contributed by atoms with Crippen LogP contribution in [0.2, 0.25) is 0 Å². The van der Waals surface area contributed by atoms with Gasteiger partial charge in [0.25, 0.3) is 0 Å². The molecule has 0 bridgehead atoms. The van der Waals surface area contributed by atoms with Crippen molar-refractivity contribution >= 4 is 11.9 Å². The summed E-state index contributed by atoms with van der Waals surface area (Å²) in [6.45, 7) is 3.27. The van der Waals surface area contributed by atoms with Crippen LogP contribution < -0.4 is 5.32 Å². The number of rotatable bonds is 4. The Morgan fingerprint density at radius 2 is 2.12 bits per heavy atom. The number of nitrogens with one attached hydrogen (secondary N) is 1. The molecule has 6 nitrogen and oxygen atoms in total. The van der Waals surface area contributed by atoms with E-state index in [1.807, 2.05) is 0 Å². The van der Waals surface area contributed by atoms with Gasteiger partial charge in [-0.25, -0.2) is 4.79 Å². The molecule has 6 heteroatoms. The van der Waals surface area contributed by atoms with Gasteiger partial charge in [0.1, 0.15) is 12.1 Å². The molecule has 0 aliphatic heterocycles. The molecule has 1 heterocycles. The second-order valence-electron chi connectivity index (χ2n) is 3.42. The maximum atomic E-state index is 11.7. The van der Waals surface area contributed by atoms with Crippen molar-refractivity contribution in [2.45, 2.75) is 25.9 Å². The largest absolute Gasteiger partial charge is 0.467 e. The van der Waals surface area contributed by atoms with Crippen LogP contribution in [0.4, 0.5) is 0 Å². The number of esters is 1. The van der Waals surface area contributed by atoms with Gasteiger partial charge >= 0.3 is 5.97 Å². The third-order valence-electron chi connectivity index (χ3n) is 2.21. The predicted molar refractivity (Wildman–Crippen MR) is 56.6 cm³/mol. The van der Waals surface area contributed by atoms with E-state index in [1.54, 1.807) is 32.3 Å². The lowest BCUT2D eigenvalue weighted by atomic mass is 10.2. The fourth-order valence-corrected chi connectivity index (χ4v) is 1.20. The monoisotopic (exact) mass is 225 g/mol. The van der Waals surface area contributed by atoms with Gasteiger partial charge in [0.15, 0.2) is 0 Å². The van der Waals surface area contributed by atoms with E-state index in [9.17, 15) is 9.59 Å². The molecule has 16 heavy (non-hydrogen) atoms. The van der Waals surface area contributed by atoms with Crippen LogP contribution in [0.3, 0.4) is 0 Å². The Balaban J connectivity index is 2.56. The van der Waals surface area contributed by atoms with Crippen molar-refractivity contribution in [1.82, 2.24) is 15.1 Å². The SMILES string of the molecule is COC(=O)C(C)NC(=O)C(C)n1cccn1. The molecule has 2 unspecified atom stereocenters. The lowest BCUT2D eigenvalue weighted by Gasteiger charge is -2.16. The van der Waals surface area contributed by atoms with Crippen LogP contribution in [-0.2, 0) is 14.3 Å². The molecule has 0 saturated heterocycles. The first-order valence-electron chi connectivity index (χ1n) is 4.93. The quantitative estimate of drug-likeness (QED) is 0.739. The Labute approximate surface area is 93.6 Å². The summed E-state index contributed by atoms with van der Waals surface area (Å²) in [5.74, 6) is -0.748. The summed E-state index contributed by atoms with van der Waals surface area (Å²) >= 11 is 0. The molecule has 2 atom stereocenters. The Hall–Kier alpha value is -1.85. The molecule has 88 valence electrons. The lowest BCUT2D eigenvalue weighted by Crippen LogP contribution is -2.42. The molecule has 0 saturated carbocycles. The van der Waals surface area contributed by atoms with Gasteiger partial charge in [-0.2, -0.15) is 5.10 Å². The normalized spacial score (nSPS) is 13.9. The molecule has 0 spiro atoms. The summed E-state index contributed by atoms with van der Waals surface area (Å²) in [5.41, 5.74) is 0. The van der Waals surface area contributed by atoms with Crippen LogP contribution in [0.25, 0.3) is 0 Å². The molecule has 0 fully saturated rings. The van der Waals surface area contributed by atoms with Gasteiger partial charge in [-0.05, 0) is 19.9 Å². The summed E-state index contributed by atoms with van der Waals surface area (Å²) in [5, 5.41) is 6.49. The van der Waals surface area contributed by atoms with Crippen LogP contribution in [0.1, 0.15) is 19.9 Å². The van der Waals surface area contributed by atoms with Gasteiger partial charge < -0.3 is 10.1 Å². The van der Waals surface area contributed by atoms with E-state index >= 15 is 0 Å². The highest BCUT2D eigenvalue weighted by molar-refractivity contribution is 5.86. The molecule has 0 aliphatic rings. The van der Waals surface area contributed by atoms with E-state index in [-0.39, 0.29) is 5.91 Å². The van der Waals surface area contributed by atoms with E-state index in [0.29, 0.717) is 0 Å². The number of nitrogens with zero attached hydrogens (tertiary/aromatic N) is 2. The smallest absolute Gasteiger partial charge is 0.328 e. The van der Waals surface area contributed by atoms with Gasteiger partial charge in [-0.3, -0.25) is 9.48 Å². The van der Waals surface area contributed by atoms with Crippen molar-refractivity contribution in [3.63, 3.8) is 0 Å². The van der Waals surface area contributed by atoms with Gasteiger partial charge in [0.2, 0.25) is 5.91 Å². The number of carbonyl (C=O) groups excluding carboxylic acids is 2. The fourth-order valence-electron chi connectivity index (χ4n) is 1.20. The minimum absolute atomic E-state index is 0.276. The third-order valence-corrected chi connectivity index (χ3v) is 2.21. The summed E-state index contributed by atoms with van der Waals surface area (Å²) < 4.78 is 6.02. The van der Waals surface area contributed by atoms with Crippen molar-refractivity contribution in [3.8, 4) is 0 Å². The van der Waals surface area contributed by atoms with Crippen molar-refractivity contribution in [2.24, 2.45) is 0 Å². The number of methoxy groups -OCH3 is 1. The zero-order valence-electron chi connectivity index (χ0n) is 9.51. The number of carbonyl (C=O) groups is 2. The highest BCUT2D eigenvalue weighted by Gasteiger charge is 2.20. The van der Waals surface area contributed by atoms with Crippen LogP contribution in [0.15, 0.2) is 18.5 Å². The number of ether oxygens (including phenoxy) is 1. The molecule has 0 radical (unpaired) electrons. The van der Waals surface area contributed by atoms with E-state index in [0.717, 1.165) is 0 Å². The molecule has 1 aromatic heterocycles.